The summed E-state index contributed by atoms with van der Waals surface area (Å²) in [5.41, 5.74) is 2.28. The number of imidazole rings is 1. The molecule has 3 aromatic rings. The average molecular weight is 356 g/mol. The Morgan fingerprint density at radius 1 is 1.24 bits per heavy atom. The molecule has 5 nitrogen and oxygen atoms in total. The minimum atomic E-state index is -0.983. The van der Waals surface area contributed by atoms with Gasteiger partial charge in [0, 0.05) is 17.6 Å². The third kappa shape index (κ3) is 3.72. The van der Waals surface area contributed by atoms with Crippen LogP contribution in [0.25, 0.3) is 11.4 Å². The van der Waals surface area contributed by atoms with E-state index in [2.05, 4.69) is 28.8 Å². The lowest BCUT2D eigenvalue weighted by molar-refractivity contribution is 0.0697. The molecule has 2 N–H and O–H groups in total. The lowest BCUT2D eigenvalue weighted by atomic mass is 9.81. The maximum atomic E-state index is 11.1. The van der Waals surface area contributed by atoms with Gasteiger partial charge in [-0.15, -0.1) is 0 Å². The molecular weight excluding hydrogens is 338 g/mol. The van der Waals surface area contributed by atoms with E-state index < -0.39 is 5.97 Å². The molecule has 0 spiro atoms. The van der Waals surface area contributed by atoms with Crippen LogP contribution in [0, 0.1) is 0 Å². The Kier molecular flexibility index (Phi) is 4.59. The lowest BCUT2D eigenvalue weighted by Gasteiger charge is -2.25. The van der Waals surface area contributed by atoms with Crippen molar-refractivity contribution in [2.75, 3.05) is 0 Å². The summed E-state index contributed by atoms with van der Waals surface area (Å²) in [4.78, 5) is 23.0. The molecule has 0 saturated heterocycles. The van der Waals surface area contributed by atoms with Gasteiger partial charge in [0.2, 0.25) is 0 Å². The number of carbonyl (C=O) groups is 1. The molecule has 0 radical (unpaired) electrons. The monoisotopic (exact) mass is 355 g/mol. The van der Waals surface area contributed by atoms with E-state index in [-0.39, 0.29) is 11.0 Å². The molecule has 2 heterocycles. The Hall–Kier alpha value is -2.66. The van der Waals surface area contributed by atoms with Crippen molar-refractivity contribution in [1.82, 2.24) is 15.0 Å². The Morgan fingerprint density at radius 3 is 2.72 bits per heavy atom. The number of carboxylic acids is 1. The van der Waals surface area contributed by atoms with Crippen molar-refractivity contribution < 1.29 is 9.90 Å². The van der Waals surface area contributed by atoms with Gasteiger partial charge in [-0.2, -0.15) is 0 Å². The fourth-order valence-corrected chi connectivity index (χ4v) is 3.21. The summed E-state index contributed by atoms with van der Waals surface area (Å²) in [5, 5.41) is 9.83. The molecule has 2 aromatic heterocycles. The summed E-state index contributed by atoms with van der Waals surface area (Å²) in [5.74, 6) is -0.189. The smallest absolute Gasteiger partial charge is 0.335 e. The van der Waals surface area contributed by atoms with E-state index in [1.54, 1.807) is 6.20 Å². The van der Waals surface area contributed by atoms with Crippen LogP contribution in [0.15, 0.2) is 48.8 Å². The quantitative estimate of drug-likeness (QED) is 0.713. The fourth-order valence-electron chi connectivity index (χ4n) is 2.82. The highest BCUT2D eigenvalue weighted by Gasteiger charge is 2.25. The molecule has 0 aliphatic carbocycles. The van der Waals surface area contributed by atoms with Crippen LogP contribution in [-0.4, -0.2) is 26.0 Å². The highest BCUT2D eigenvalue weighted by Crippen LogP contribution is 2.32. The number of aromatic amines is 1. The van der Waals surface area contributed by atoms with Gasteiger partial charge in [-0.25, -0.2) is 9.78 Å². The van der Waals surface area contributed by atoms with E-state index in [1.807, 2.05) is 24.3 Å². The van der Waals surface area contributed by atoms with Crippen LogP contribution in [0.4, 0.5) is 0 Å². The molecule has 0 bridgehead atoms. The number of H-pyrrole nitrogens is 1. The number of carboxylic acid groups (broad SMARTS) is 1. The summed E-state index contributed by atoms with van der Waals surface area (Å²) in [7, 11) is 0. The first-order valence-electron chi connectivity index (χ1n) is 7.85. The van der Waals surface area contributed by atoms with E-state index in [0.717, 1.165) is 16.4 Å². The van der Waals surface area contributed by atoms with E-state index in [0.29, 0.717) is 17.8 Å². The van der Waals surface area contributed by atoms with E-state index in [4.69, 9.17) is 16.7 Å². The van der Waals surface area contributed by atoms with Crippen LogP contribution in [-0.2, 0) is 11.8 Å². The van der Waals surface area contributed by atoms with Crippen molar-refractivity contribution >= 4 is 17.6 Å². The van der Waals surface area contributed by atoms with Crippen molar-refractivity contribution in [3.63, 3.8) is 0 Å². The fraction of sp³-hybridized carbons (Fsp3) is 0.211. The maximum Gasteiger partial charge on any atom is 0.335 e. The molecule has 128 valence electrons. The van der Waals surface area contributed by atoms with Crippen LogP contribution in [0.1, 0.15) is 35.6 Å². The Bertz CT molecular complexity index is 918. The lowest BCUT2D eigenvalue weighted by Crippen LogP contribution is -2.21. The van der Waals surface area contributed by atoms with Crippen molar-refractivity contribution in [2.24, 2.45) is 0 Å². The van der Waals surface area contributed by atoms with Crippen LogP contribution in [0.2, 0.25) is 5.02 Å². The summed E-state index contributed by atoms with van der Waals surface area (Å²) >= 11 is 6.33. The number of halogens is 1. The van der Waals surface area contributed by atoms with Crippen LogP contribution in [0.5, 0.6) is 0 Å². The Labute approximate surface area is 150 Å². The summed E-state index contributed by atoms with van der Waals surface area (Å²) in [6, 6.07) is 10.8. The van der Waals surface area contributed by atoms with Crippen LogP contribution >= 0.6 is 11.6 Å². The predicted octanol–water partition coefficient (Wildman–Crippen LogP) is 4.34. The van der Waals surface area contributed by atoms with Crippen LogP contribution in [0.3, 0.4) is 0 Å². The second-order valence-corrected chi connectivity index (χ2v) is 6.93. The van der Waals surface area contributed by atoms with Gasteiger partial charge >= 0.3 is 5.97 Å². The number of nitrogens with one attached hydrogen (secondary N) is 1. The molecular formula is C19H18ClN3O2. The summed E-state index contributed by atoms with van der Waals surface area (Å²) < 4.78 is 0. The van der Waals surface area contributed by atoms with Gasteiger partial charge in [0.1, 0.15) is 5.82 Å². The zero-order chi connectivity index (χ0) is 18.0. The standard InChI is InChI=1S/C19H18ClN3O2/c1-19(2,13-5-3-4-6-14(13)20)10-17-22-11-16(23-17)15-9-12(18(24)25)7-8-21-15/h3-9,11H,10H2,1-2H3,(H,22,23)(H,24,25). The number of benzene rings is 1. The zero-order valence-corrected chi connectivity index (χ0v) is 14.7. The second kappa shape index (κ2) is 6.69. The topological polar surface area (TPSA) is 78.9 Å². The molecule has 1 aromatic carbocycles. The highest BCUT2D eigenvalue weighted by molar-refractivity contribution is 6.31. The van der Waals surface area contributed by atoms with Crippen molar-refractivity contribution in [3.8, 4) is 11.4 Å². The number of aromatic carboxylic acids is 1. The van der Waals surface area contributed by atoms with E-state index >= 15 is 0 Å². The van der Waals surface area contributed by atoms with Gasteiger partial charge in [-0.1, -0.05) is 43.6 Å². The number of rotatable bonds is 5. The van der Waals surface area contributed by atoms with Crippen molar-refractivity contribution in [2.45, 2.75) is 25.7 Å². The first-order chi connectivity index (χ1) is 11.9. The van der Waals surface area contributed by atoms with Crippen molar-refractivity contribution in [3.05, 3.63) is 70.8 Å². The molecule has 3 rings (SSSR count). The molecule has 0 fully saturated rings. The maximum absolute atomic E-state index is 11.1. The largest absolute Gasteiger partial charge is 0.478 e. The SMILES string of the molecule is CC(C)(Cc1ncc(-c2cc(C(=O)O)ccn2)[nH]1)c1ccccc1Cl. The number of aromatic nitrogens is 3. The highest BCUT2D eigenvalue weighted by atomic mass is 35.5. The van der Waals surface area contributed by atoms with Crippen molar-refractivity contribution in [1.29, 1.82) is 0 Å². The van der Waals surface area contributed by atoms with Gasteiger partial charge < -0.3 is 10.1 Å². The summed E-state index contributed by atoms with van der Waals surface area (Å²) in [6.45, 7) is 4.22. The first-order valence-corrected chi connectivity index (χ1v) is 8.23. The molecule has 25 heavy (non-hydrogen) atoms. The third-order valence-corrected chi connectivity index (χ3v) is 4.45. The van der Waals surface area contributed by atoms with Gasteiger partial charge in [0.15, 0.2) is 0 Å². The third-order valence-electron chi connectivity index (χ3n) is 4.12. The number of hydrogen-bond acceptors (Lipinski definition) is 3. The second-order valence-electron chi connectivity index (χ2n) is 6.52. The van der Waals surface area contributed by atoms with Gasteiger partial charge in [0.05, 0.1) is 23.1 Å². The average Bonchev–Trinajstić information content (AvgIpc) is 3.03. The molecule has 0 unspecified atom stereocenters. The molecule has 0 aliphatic heterocycles. The van der Waals surface area contributed by atoms with Gasteiger partial charge in [0.25, 0.3) is 0 Å². The molecule has 0 saturated carbocycles. The zero-order valence-electron chi connectivity index (χ0n) is 14.0. The molecule has 0 aliphatic rings. The minimum absolute atomic E-state index is 0.192. The minimum Gasteiger partial charge on any atom is -0.478 e. The van der Waals surface area contributed by atoms with Gasteiger partial charge in [-0.05, 0) is 29.2 Å². The number of nitrogens with zero attached hydrogens (tertiary/aromatic N) is 2. The molecule has 0 amide bonds. The molecule has 0 atom stereocenters. The predicted molar refractivity (Wildman–Crippen MR) is 97.0 cm³/mol. The van der Waals surface area contributed by atoms with E-state index in [9.17, 15) is 4.79 Å². The van der Waals surface area contributed by atoms with E-state index in [1.165, 1.54) is 18.3 Å². The Balaban J connectivity index is 1.86. The number of pyridine rings is 1. The first kappa shape index (κ1) is 17.2. The normalized spacial score (nSPS) is 11.5. The van der Waals surface area contributed by atoms with Gasteiger partial charge in [-0.3, -0.25) is 4.98 Å². The Morgan fingerprint density at radius 2 is 2.00 bits per heavy atom. The summed E-state index contributed by atoms with van der Waals surface area (Å²) in [6.07, 6.45) is 3.81. The molecule has 6 heteroatoms. The van der Waals surface area contributed by atoms with Crippen LogP contribution < -0.4 is 0 Å². The number of hydrogen-bond donors (Lipinski definition) is 2.